The molecule has 1 aliphatic carbocycles. The number of rotatable bonds is 3. The lowest BCUT2D eigenvalue weighted by molar-refractivity contribution is 0.0954. The van der Waals surface area contributed by atoms with Gasteiger partial charge in [-0.1, -0.05) is 6.42 Å². The number of carbonyl (C=O) groups excluding carboxylic acids is 1. The molecule has 0 aliphatic heterocycles. The number of benzene rings is 1. The molecule has 19 heavy (non-hydrogen) atoms. The fraction of sp³-hybridized carbons (Fsp3) is 0.467. The van der Waals surface area contributed by atoms with E-state index in [2.05, 4.69) is 10.5 Å². The Bertz CT molecular complexity index is 455. The number of hydrogen-bond acceptors (Lipinski definition) is 3. The predicted octanol–water partition coefficient (Wildman–Crippen LogP) is 2.80. The Hall–Kier alpha value is -1.84. The third-order valence-electron chi connectivity index (χ3n) is 3.39. The number of hydrogen-bond donors (Lipinski definition) is 1. The Balaban J connectivity index is 1.95. The van der Waals surface area contributed by atoms with Crippen molar-refractivity contribution in [1.29, 1.82) is 0 Å². The zero-order valence-electron chi connectivity index (χ0n) is 11.6. The molecule has 1 saturated carbocycles. The normalized spacial score (nSPS) is 14.9. The van der Waals surface area contributed by atoms with Crippen LogP contribution >= 0.6 is 0 Å². The van der Waals surface area contributed by atoms with Crippen molar-refractivity contribution in [2.24, 2.45) is 5.10 Å². The first kappa shape index (κ1) is 13.6. The van der Waals surface area contributed by atoms with E-state index < -0.39 is 0 Å². The Kier molecular flexibility index (Phi) is 4.55. The maximum atomic E-state index is 11.9. The first-order chi connectivity index (χ1) is 9.16. The fourth-order valence-electron chi connectivity index (χ4n) is 2.18. The van der Waals surface area contributed by atoms with Crippen LogP contribution in [0.2, 0.25) is 0 Å². The molecule has 1 aromatic carbocycles. The van der Waals surface area contributed by atoms with Crippen LogP contribution in [0.25, 0.3) is 0 Å². The highest BCUT2D eigenvalue weighted by molar-refractivity contribution is 5.95. The Labute approximate surface area is 114 Å². The second kappa shape index (κ2) is 6.36. The second-order valence-electron chi connectivity index (χ2n) is 5.12. The standard InChI is InChI=1S/C15H21N3O/c1-18(2)14-10-8-12(9-11-14)15(19)17-16-13-6-4-3-5-7-13/h8-11H,3-7H2,1-2H3,(H,17,19). The van der Waals surface area contributed by atoms with Gasteiger partial charge in [0.2, 0.25) is 0 Å². The minimum Gasteiger partial charge on any atom is -0.378 e. The number of nitrogens with zero attached hydrogens (tertiary/aromatic N) is 2. The van der Waals surface area contributed by atoms with Crippen LogP contribution in [0.5, 0.6) is 0 Å². The number of amides is 1. The van der Waals surface area contributed by atoms with Gasteiger partial charge in [-0.25, -0.2) is 5.43 Å². The van der Waals surface area contributed by atoms with Crippen molar-refractivity contribution in [1.82, 2.24) is 5.43 Å². The summed E-state index contributed by atoms with van der Waals surface area (Å²) in [6, 6.07) is 7.52. The molecule has 2 rings (SSSR count). The van der Waals surface area contributed by atoms with Gasteiger partial charge >= 0.3 is 0 Å². The molecule has 0 bridgehead atoms. The summed E-state index contributed by atoms with van der Waals surface area (Å²) in [5, 5.41) is 4.22. The van der Waals surface area contributed by atoms with Gasteiger partial charge < -0.3 is 4.90 Å². The molecule has 0 atom stereocenters. The van der Waals surface area contributed by atoms with Crippen LogP contribution in [0, 0.1) is 0 Å². The average molecular weight is 259 g/mol. The van der Waals surface area contributed by atoms with E-state index in [1.165, 1.54) is 19.3 Å². The molecule has 0 heterocycles. The van der Waals surface area contributed by atoms with Crippen LogP contribution in [-0.4, -0.2) is 25.7 Å². The van der Waals surface area contributed by atoms with Crippen LogP contribution in [0.4, 0.5) is 5.69 Å². The lowest BCUT2D eigenvalue weighted by Gasteiger charge is -2.13. The molecule has 4 nitrogen and oxygen atoms in total. The summed E-state index contributed by atoms with van der Waals surface area (Å²) >= 11 is 0. The van der Waals surface area contributed by atoms with Crippen LogP contribution in [0.3, 0.4) is 0 Å². The lowest BCUT2D eigenvalue weighted by Crippen LogP contribution is -2.20. The van der Waals surface area contributed by atoms with Crippen molar-refractivity contribution in [3.05, 3.63) is 29.8 Å². The summed E-state index contributed by atoms with van der Waals surface area (Å²) in [4.78, 5) is 13.9. The fourth-order valence-corrected chi connectivity index (χ4v) is 2.18. The highest BCUT2D eigenvalue weighted by atomic mass is 16.2. The van der Waals surface area contributed by atoms with Crippen LogP contribution < -0.4 is 10.3 Å². The number of anilines is 1. The number of nitrogens with one attached hydrogen (secondary N) is 1. The summed E-state index contributed by atoms with van der Waals surface area (Å²) in [5.41, 5.74) is 5.49. The van der Waals surface area contributed by atoms with Gasteiger partial charge in [0.05, 0.1) is 0 Å². The van der Waals surface area contributed by atoms with E-state index in [0.29, 0.717) is 5.56 Å². The van der Waals surface area contributed by atoms with Crippen molar-refractivity contribution in [3.8, 4) is 0 Å². The molecule has 1 amide bonds. The molecular weight excluding hydrogens is 238 g/mol. The monoisotopic (exact) mass is 259 g/mol. The molecule has 0 aromatic heterocycles. The molecule has 4 heteroatoms. The topological polar surface area (TPSA) is 44.7 Å². The van der Waals surface area contributed by atoms with Crippen LogP contribution in [0.15, 0.2) is 29.4 Å². The summed E-state index contributed by atoms with van der Waals surface area (Å²) < 4.78 is 0. The van der Waals surface area contributed by atoms with Crippen molar-refractivity contribution in [3.63, 3.8) is 0 Å². The summed E-state index contributed by atoms with van der Waals surface area (Å²) in [5.74, 6) is -0.136. The van der Waals surface area contributed by atoms with E-state index in [1.54, 1.807) is 0 Å². The smallest absolute Gasteiger partial charge is 0.271 e. The molecule has 0 radical (unpaired) electrons. The molecule has 1 N–H and O–H groups in total. The van der Waals surface area contributed by atoms with Gasteiger partial charge in [0.15, 0.2) is 0 Å². The van der Waals surface area contributed by atoms with Gasteiger partial charge in [-0.2, -0.15) is 5.10 Å². The average Bonchev–Trinajstić information content (AvgIpc) is 2.46. The molecule has 102 valence electrons. The first-order valence-corrected chi connectivity index (χ1v) is 6.80. The molecular formula is C15H21N3O. The van der Waals surface area contributed by atoms with Gasteiger partial charge in [0, 0.05) is 31.1 Å². The Morgan fingerprint density at radius 3 is 2.32 bits per heavy atom. The zero-order valence-corrected chi connectivity index (χ0v) is 11.6. The Morgan fingerprint density at radius 1 is 1.11 bits per heavy atom. The summed E-state index contributed by atoms with van der Waals surface area (Å²) in [7, 11) is 3.95. The molecule has 1 aliphatic rings. The Morgan fingerprint density at radius 2 is 1.74 bits per heavy atom. The van der Waals surface area contributed by atoms with E-state index in [9.17, 15) is 4.79 Å². The minimum absolute atomic E-state index is 0.136. The quantitative estimate of drug-likeness (QED) is 0.848. The first-order valence-electron chi connectivity index (χ1n) is 6.80. The maximum Gasteiger partial charge on any atom is 0.271 e. The number of carbonyl (C=O) groups is 1. The third-order valence-corrected chi connectivity index (χ3v) is 3.39. The molecule has 0 saturated heterocycles. The van der Waals surface area contributed by atoms with E-state index >= 15 is 0 Å². The van der Waals surface area contributed by atoms with E-state index in [4.69, 9.17) is 0 Å². The van der Waals surface area contributed by atoms with E-state index in [-0.39, 0.29) is 5.91 Å². The SMILES string of the molecule is CN(C)c1ccc(C(=O)NN=C2CCCCC2)cc1. The minimum atomic E-state index is -0.136. The highest BCUT2D eigenvalue weighted by Gasteiger charge is 2.09. The third kappa shape index (κ3) is 3.81. The van der Waals surface area contributed by atoms with Crippen molar-refractivity contribution in [2.45, 2.75) is 32.1 Å². The van der Waals surface area contributed by atoms with Gasteiger partial charge in [-0.3, -0.25) is 4.79 Å². The molecule has 1 fully saturated rings. The number of hydrazone groups is 1. The van der Waals surface area contributed by atoms with Crippen molar-refractivity contribution < 1.29 is 4.79 Å². The van der Waals surface area contributed by atoms with E-state index in [0.717, 1.165) is 24.2 Å². The van der Waals surface area contributed by atoms with Gasteiger partial charge in [0.25, 0.3) is 5.91 Å². The predicted molar refractivity (Wildman–Crippen MR) is 78.8 cm³/mol. The zero-order chi connectivity index (χ0) is 13.7. The largest absolute Gasteiger partial charge is 0.378 e. The van der Waals surface area contributed by atoms with Crippen molar-refractivity contribution in [2.75, 3.05) is 19.0 Å². The molecule has 1 aromatic rings. The highest BCUT2D eigenvalue weighted by Crippen LogP contribution is 2.15. The summed E-state index contributed by atoms with van der Waals surface area (Å²) in [6.07, 6.45) is 5.68. The van der Waals surface area contributed by atoms with E-state index in [1.807, 2.05) is 43.3 Å². The summed E-state index contributed by atoms with van der Waals surface area (Å²) in [6.45, 7) is 0. The maximum absolute atomic E-state index is 11.9. The van der Waals surface area contributed by atoms with Gasteiger partial charge in [-0.05, 0) is 49.9 Å². The van der Waals surface area contributed by atoms with Gasteiger partial charge in [-0.15, -0.1) is 0 Å². The van der Waals surface area contributed by atoms with Gasteiger partial charge in [0.1, 0.15) is 0 Å². The lowest BCUT2D eigenvalue weighted by atomic mass is 9.99. The molecule has 0 spiro atoms. The van der Waals surface area contributed by atoms with Crippen molar-refractivity contribution >= 4 is 17.3 Å². The van der Waals surface area contributed by atoms with Crippen LogP contribution in [0.1, 0.15) is 42.5 Å². The second-order valence-corrected chi connectivity index (χ2v) is 5.12. The van der Waals surface area contributed by atoms with Crippen LogP contribution in [-0.2, 0) is 0 Å². The molecule has 0 unspecified atom stereocenters.